The van der Waals surface area contributed by atoms with Crippen LogP contribution in [0.4, 0.5) is 11.5 Å². The molecule has 3 nitrogen and oxygen atoms in total. The van der Waals surface area contributed by atoms with Crippen LogP contribution in [0.5, 0.6) is 0 Å². The van der Waals surface area contributed by atoms with Gasteiger partial charge in [0.15, 0.2) is 5.82 Å². The van der Waals surface area contributed by atoms with E-state index in [-0.39, 0.29) is 0 Å². The summed E-state index contributed by atoms with van der Waals surface area (Å²) in [5.74, 6) is 2.15. The Kier molecular flexibility index (Phi) is 3.83. The first kappa shape index (κ1) is 13.3. The Labute approximate surface area is 124 Å². The number of nitrogens with zero attached hydrogens (tertiary/aromatic N) is 2. The average Bonchev–Trinajstić information content (AvgIpc) is 2.48. The fraction of sp³-hybridized carbons (Fsp3) is 0.312. The van der Waals surface area contributed by atoms with Crippen LogP contribution in [0.1, 0.15) is 18.0 Å². The van der Waals surface area contributed by atoms with E-state index in [0.717, 1.165) is 23.7 Å². The van der Waals surface area contributed by atoms with Gasteiger partial charge in [0.1, 0.15) is 0 Å². The van der Waals surface area contributed by atoms with Crippen LogP contribution >= 0.6 is 11.8 Å². The molecule has 0 fully saturated rings. The van der Waals surface area contributed by atoms with Gasteiger partial charge in [0.2, 0.25) is 0 Å². The predicted octanol–water partition coefficient (Wildman–Crippen LogP) is 3.80. The van der Waals surface area contributed by atoms with E-state index < -0.39 is 0 Å². The number of thioether (sulfide) groups is 1. The summed E-state index contributed by atoms with van der Waals surface area (Å²) in [5, 5.41) is 3.67. The molecule has 0 bridgehead atoms. The Balaban J connectivity index is 1.90. The second-order valence-corrected chi connectivity index (χ2v) is 6.28. The zero-order valence-corrected chi connectivity index (χ0v) is 12.7. The van der Waals surface area contributed by atoms with Crippen LogP contribution < -0.4 is 10.2 Å². The first-order chi connectivity index (χ1) is 9.75. The number of hydrogen-bond donors (Lipinski definition) is 1. The monoisotopic (exact) mass is 285 g/mol. The van der Waals surface area contributed by atoms with Crippen LogP contribution in [-0.4, -0.2) is 24.8 Å². The molecule has 1 unspecified atom stereocenters. The van der Waals surface area contributed by atoms with Crippen molar-refractivity contribution in [2.24, 2.45) is 0 Å². The van der Waals surface area contributed by atoms with E-state index in [4.69, 9.17) is 0 Å². The Hall–Kier alpha value is -1.68. The number of benzene rings is 1. The van der Waals surface area contributed by atoms with E-state index in [1.165, 1.54) is 10.5 Å². The van der Waals surface area contributed by atoms with Gasteiger partial charge in [-0.2, -0.15) is 0 Å². The highest BCUT2D eigenvalue weighted by Crippen LogP contribution is 2.38. The van der Waals surface area contributed by atoms with Crippen molar-refractivity contribution >= 4 is 23.3 Å². The lowest BCUT2D eigenvalue weighted by Gasteiger charge is -2.28. The van der Waals surface area contributed by atoms with Gasteiger partial charge in [-0.15, -0.1) is 11.8 Å². The van der Waals surface area contributed by atoms with Gasteiger partial charge < -0.3 is 10.2 Å². The van der Waals surface area contributed by atoms with E-state index in [2.05, 4.69) is 40.6 Å². The van der Waals surface area contributed by atoms with Crippen LogP contribution in [0, 0.1) is 0 Å². The number of rotatable bonds is 3. The second kappa shape index (κ2) is 5.75. The Morgan fingerprint density at radius 3 is 2.90 bits per heavy atom. The van der Waals surface area contributed by atoms with Crippen LogP contribution in [0.3, 0.4) is 0 Å². The molecule has 4 heteroatoms. The highest BCUT2D eigenvalue weighted by Gasteiger charge is 2.21. The molecule has 1 aliphatic rings. The smallest absolute Gasteiger partial charge is 0.151 e. The molecule has 0 amide bonds. The molecule has 1 aromatic heterocycles. The van der Waals surface area contributed by atoms with Gasteiger partial charge in [-0.25, -0.2) is 4.98 Å². The maximum absolute atomic E-state index is 4.46. The zero-order valence-electron chi connectivity index (χ0n) is 11.8. The van der Waals surface area contributed by atoms with Gasteiger partial charge in [-0.05, 0) is 30.2 Å². The highest BCUT2D eigenvalue weighted by molar-refractivity contribution is 7.99. The quantitative estimate of drug-likeness (QED) is 0.928. The SMILES string of the molecule is CN(C)c1ncccc1NC1CCSc2ccccc21. The minimum absolute atomic E-state index is 0.371. The molecule has 0 spiro atoms. The van der Waals surface area contributed by atoms with Crippen molar-refractivity contribution in [2.75, 3.05) is 30.1 Å². The molecule has 3 rings (SSSR count). The highest BCUT2D eigenvalue weighted by atomic mass is 32.2. The topological polar surface area (TPSA) is 28.2 Å². The third-order valence-electron chi connectivity index (χ3n) is 3.50. The normalized spacial score (nSPS) is 17.4. The average molecular weight is 285 g/mol. The summed E-state index contributed by atoms with van der Waals surface area (Å²) in [6.07, 6.45) is 2.98. The van der Waals surface area contributed by atoms with Crippen molar-refractivity contribution in [3.63, 3.8) is 0 Å². The van der Waals surface area contributed by atoms with E-state index in [0.29, 0.717) is 6.04 Å². The van der Waals surface area contributed by atoms with Crippen molar-refractivity contribution in [1.29, 1.82) is 0 Å². The Bertz CT molecular complexity index is 598. The maximum Gasteiger partial charge on any atom is 0.151 e. The molecule has 0 saturated heterocycles. The van der Waals surface area contributed by atoms with Crippen molar-refractivity contribution < 1.29 is 0 Å². The van der Waals surface area contributed by atoms with E-state index >= 15 is 0 Å². The molecule has 2 aromatic rings. The minimum Gasteiger partial charge on any atom is -0.375 e. The second-order valence-electron chi connectivity index (χ2n) is 5.14. The third-order valence-corrected chi connectivity index (χ3v) is 4.62. The van der Waals surface area contributed by atoms with Gasteiger partial charge >= 0.3 is 0 Å². The summed E-state index contributed by atoms with van der Waals surface area (Å²) in [6.45, 7) is 0. The molecular formula is C16H19N3S. The molecule has 0 aliphatic carbocycles. The maximum atomic E-state index is 4.46. The van der Waals surface area contributed by atoms with Crippen molar-refractivity contribution in [2.45, 2.75) is 17.4 Å². The minimum atomic E-state index is 0.371. The molecule has 20 heavy (non-hydrogen) atoms. The van der Waals surface area contributed by atoms with Crippen LogP contribution in [0.15, 0.2) is 47.5 Å². The number of pyridine rings is 1. The summed E-state index contributed by atoms with van der Waals surface area (Å²) < 4.78 is 0. The van der Waals surface area contributed by atoms with E-state index in [1.54, 1.807) is 0 Å². The van der Waals surface area contributed by atoms with E-state index in [9.17, 15) is 0 Å². The molecule has 1 N–H and O–H groups in total. The summed E-state index contributed by atoms with van der Waals surface area (Å²) >= 11 is 1.95. The molecular weight excluding hydrogens is 266 g/mol. The molecule has 0 saturated carbocycles. The number of nitrogens with one attached hydrogen (secondary N) is 1. The Morgan fingerprint density at radius 2 is 2.05 bits per heavy atom. The standard InChI is InChI=1S/C16H19N3S/c1-19(2)16-14(7-5-10-17-16)18-13-9-11-20-15-8-4-3-6-12(13)15/h3-8,10,13,18H,9,11H2,1-2H3. The number of anilines is 2. The lowest BCUT2D eigenvalue weighted by Crippen LogP contribution is -2.19. The molecule has 1 atom stereocenters. The fourth-order valence-corrected chi connectivity index (χ4v) is 3.67. The lowest BCUT2D eigenvalue weighted by atomic mass is 10.0. The summed E-state index contributed by atoms with van der Waals surface area (Å²) in [5.41, 5.74) is 2.50. The predicted molar refractivity (Wildman–Crippen MR) is 86.7 cm³/mol. The van der Waals surface area contributed by atoms with Crippen LogP contribution in [0.25, 0.3) is 0 Å². The number of hydrogen-bond acceptors (Lipinski definition) is 4. The number of aromatic nitrogens is 1. The Morgan fingerprint density at radius 1 is 1.20 bits per heavy atom. The van der Waals surface area contributed by atoms with Gasteiger partial charge in [0.25, 0.3) is 0 Å². The summed E-state index contributed by atoms with van der Waals surface area (Å²) in [6, 6.07) is 13.1. The van der Waals surface area contributed by atoms with Crippen molar-refractivity contribution in [1.82, 2.24) is 4.98 Å². The molecule has 2 heterocycles. The number of fused-ring (bicyclic) bond motifs is 1. The van der Waals surface area contributed by atoms with Crippen molar-refractivity contribution in [3.8, 4) is 0 Å². The van der Waals surface area contributed by atoms with Gasteiger partial charge in [-0.1, -0.05) is 18.2 Å². The van der Waals surface area contributed by atoms with Gasteiger partial charge in [0.05, 0.1) is 11.7 Å². The molecule has 1 aliphatic heterocycles. The van der Waals surface area contributed by atoms with Crippen LogP contribution in [0.2, 0.25) is 0 Å². The largest absolute Gasteiger partial charge is 0.375 e. The third kappa shape index (κ3) is 2.61. The van der Waals surface area contributed by atoms with E-state index in [1.807, 2.05) is 43.0 Å². The molecule has 104 valence electrons. The zero-order chi connectivity index (χ0) is 13.9. The summed E-state index contributed by atoms with van der Waals surface area (Å²) in [4.78, 5) is 7.90. The van der Waals surface area contributed by atoms with Crippen molar-refractivity contribution in [3.05, 3.63) is 48.2 Å². The molecule has 0 radical (unpaired) electrons. The summed E-state index contributed by atoms with van der Waals surface area (Å²) in [7, 11) is 4.05. The van der Waals surface area contributed by atoms with Gasteiger partial charge in [0, 0.05) is 30.9 Å². The first-order valence-electron chi connectivity index (χ1n) is 6.86. The van der Waals surface area contributed by atoms with Crippen LogP contribution in [-0.2, 0) is 0 Å². The molecule has 1 aromatic carbocycles. The lowest BCUT2D eigenvalue weighted by molar-refractivity contribution is 0.727. The fourth-order valence-electron chi connectivity index (χ4n) is 2.55. The first-order valence-corrected chi connectivity index (χ1v) is 7.85. The van der Waals surface area contributed by atoms with Gasteiger partial charge in [-0.3, -0.25) is 0 Å².